The Balaban J connectivity index is 1.96. The van der Waals surface area contributed by atoms with Crippen molar-refractivity contribution in [2.75, 3.05) is 13.1 Å². The summed E-state index contributed by atoms with van der Waals surface area (Å²) in [7, 11) is -3.20. The van der Waals surface area contributed by atoms with Gasteiger partial charge in [-0.15, -0.1) is 0 Å². The fraction of sp³-hybridized carbons (Fsp3) is 0.500. The molecular weight excluding hydrogens is 316 g/mol. The minimum atomic E-state index is -3.20. The van der Waals surface area contributed by atoms with Gasteiger partial charge in [0, 0.05) is 11.0 Å². The van der Waals surface area contributed by atoms with Crippen molar-refractivity contribution in [1.29, 1.82) is 0 Å². The van der Waals surface area contributed by atoms with Crippen LogP contribution in [0.1, 0.15) is 18.4 Å². The second kappa shape index (κ2) is 6.14. The number of rotatable bonds is 4. The Bertz CT molecular complexity index is 499. The van der Waals surface area contributed by atoms with Crippen LogP contribution in [0.15, 0.2) is 28.7 Å². The summed E-state index contributed by atoms with van der Waals surface area (Å²) in [4.78, 5) is 0. The SMILES string of the molecule is O=S(=O)(NCc1cccc(Br)c1)C1CCNCC1. The van der Waals surface area contributed by atoms with Gasteiger partial charge in [-0.2, -0.15) is 0 Å². The average Bonchev–Trinajstić information content (AvgIpc) is 2.38. The molecule has 0 bridgehead atoms. The van der Waals surface area contributed by atoms with Crippen LogP contribution in [0.5, 0.6) is 0 Å². The van der Waals surface area contributed by atoms with Crippen LogP contribution in [0.25, 0.3) is 0 Å². The third-order valence-corrected chi connectivity index (χ3v) is 5.48. The highest BCUT2D eigenvalue weighted by Crippen LogP contribution is 2.14. The fourth-order valence-electron chi connectivity index (χ4n) is 2.05. The molecule has 1 fully saturated rings. The van der Waals surface area contributed by atoms with Gasteiger partial charge in [0.2, 0.25) is 10.0 Å². The van der Waals surface area contributed by atoms with Crippen molar-refractivity contribution in [3.8, 4) is 0 Å². The zero-order valence-corrected chi connectivity index (χ0v) is 12.4. The summed E-state index contributed by atoms with van der Waals surface area (Å²) >= 11 is 3.37. The first-order valence-electron chi connectivity index (χ1n) is 6.01. The molecule has 1 aliphatic heterocycles. The van der Waals surface area contributed by atoms with E-state index in [-0.39, 0.29) is 5.25 Å². The summed E-state index contributed by atoms with van der Waals surface area (Å²) in [6, 6.07) is 7.66. The maximum atomic E-state index is 12.1. The maximum Gasteiger partial charge on any atom is 0.214 e. The third-order valence-electron chi connectivity index (χ3n) is 3.09. The fourth-order valence-corrected chi connectivity index (χ4v) is 3.96. The van der Waals surface area contributed by atoms with Gasteiger partial charge in [-0.25, -0.2) is 13.1 Å². The molecule has 100 valence electrons. The molecule has 1 heterocycles. The van der Waals surface area contributed by atoms with Crippen molar-refractivity contribution < 1.29 is 8.42 Å². The first kappa shape index (κ1) is 14.0. The van der Waals surface area contributed by atoms with Gasteiger partial charge in [-0.3, -0.25) is 0 Å². The summed E-state index contributed by atoms with van der Waals surface area (Å²) in [5.74, 6) is 0. The lowest BCUT2D eigenvalue weighted by atomic mass is 10.2. The van der Waals surface area contributed by atoms with Crippen molar-refractivity contribution >= 4 is 26.0 Å². The van der Waals surface area contributed by atoms with Crippen LogP contribution in [0.2, 0.25) is 0 Å². The monoisotopic (exact) mass is 332 g/mol. The van der Waals surface area contributed by atoms with Gasteiger partial charge in [-0.05, 0) is 43.6 Å². The van der Waals surface area contributed by atoms with E-state index in [0.29, 0.717) is 19.4 Å². The van der Waals surface area contributed by atoms with E-state index in [1.54, 1.807) is 0 Å². The highest BCUT2D eigenvalue weighted by Gasteiger charge is 2.26. The molecule has 2 rings (SSSR count). The second-order valence-corrected chi connectivity index (χ2v) is 7.41. The van der Waals surface area contributed by atoms with Gasteiger partial charge in [0.25, 0.3) is 0 Å². The zero-order valence-electron chi connectivity index (χ0n) is 10.0. The van der Waals surface area contributed by atoms with Crippen molar-refractivity contribution in [3.05, 3.63) is 34.3 Å². The van der Waals surface area contributed by atoms with Crippen LogP contribution < -0.4 is 10.0 Å². The highest BCUT2D eigenvalue weighted by molar-refractivity contribution is 9.10. The molecule has 6 heteroatoms. The summed E-state index contributed by atoms with van der Waals surface area (Å²) in [6.07, 6.45) is 1.38. The first-order valence-corrected chi connectivity index (χ1v) is 8.35. The zero-order chi connectivity index (χ0) is 13.0. The topological polar surface area (TPSA) is 58.2 Å². The van der Waals surface area contributed by atoms with Crippen LogP contribution in [0, 0.1) is 0 Å². The molecule has 1 aliphatic rings. The molecule has 1 aromatic rings. The summed E-state index contributed by atoms with van der Waals surface area (Å²) < 4.78 is 27.8. The first-order chi connectivity index (χ1) is 8.58. The third kappa shape index (κ3) is 3.78. The predicted molar refractivity (Wildman–Crippen MR) is 75.8 cm³/mol. The quantitative estimate of drug-likeness (QED) is 0.880. The predicted octanol–water partition coefficient (Wildman–Crippen LogP) is 1.62. The Morgan fingerprint density at radius 1 is 1.33 bits per heavy atom. The summed E-state index contributed by atoms with van der Waals surface area (Å²) in [5, 5.41) is 2.91. The minimum Gasteiger partial charge on any atom is -0.317 e. The number of halogens is 1. The van der Waals surface area contributed by atoms with Crippen molar-refractivity contribution in [1.82, 2.24) is 10.0 Å². The van der Waals surface area contributed by atoms with Crippen molar-refractivity contribution in [2.45, 2.75) is 24.6 Å². The molecule has 2 N–H and O–H groups in total. The molecule has 0 radical (unpaired) electrons. The molecule has 0 atom stereocenters. The molecule has 18 heavy (non-hydrogen) atoms. The average molecular weight is 333 g/mol. The Morgan fingerprint density at radius 3 is 2.72 bits per heavy atom. The number of sulfonamides is 1. The Labute approximate surface area is 116 Å². The van der Waals surface area contributed by atoms with E-state index < -0.39 is 10.0 Å². The van der Waals surface area contributed by atoms with Crippen LogP contribution in [0.4, 0.5) is 0 Å². The van der Waals surface area contributed by atoms with E-state index >= 15 is 0 Å². The molecule has 4 nitrogen and oxygen atoms in total. The number of piperidine rings is 1. The van der Waals surface area contributed by atoms with Gasteiger partial charge >= 0.3 is 0 Å². The highest BCUT2D eigenvalue weighted by atomic mass is 79.9. The van der Waals surface area contributed by atoms with Crippen LogP contribution in [0.3, 0.4) is 0 Å². The number of hydrogen-bond acceptors (Lipinski definition) is 3. The molecular formula is C12H17BrN2O2S. The molecule has 0 amide bonds. The van der Waals surface area contributed by atoms with Gasteiger partial charge in [0.1, 0.15) is 0 Å². The standard InChI is InChI=1S/C12H17BrN2O2S/c13-11-3-1-2-10(8-11)9-15-18(16,17)12-4-6-14-7-5-12/h1-3,8,12,14-15H,4-7,9H2. The normalized spacial score (nSPS) is 17.8. The number of hydrogen-bond donors (Lipinski definition) is 2. The summed E-state index contributed by atoms with van der Waals surface area (Å²) in [6.45, 7) is 1.91. The molecule has 0 aromatic heterocycles. The van der Waals surface area contributed by atoms with Gasteiger partial charge in [-0.1, -0.05) is 28.1 Å². The van der Waals surface area contributed by atoms with Gasteiger partial charge in [0.15, 0.2) is 0 Å². The van der Waals surface area contributed by atoms with E-state index in [2.05, 4.69) is 26.0 Å². The number of benzene rings is 1. The van der Waals surface area contributed by atoms with Crippen LogP contribution >= 0.6 is 15.9 Å². The minimum absolute atomic E-state index is 0.258. The van der Waals surface area contributed by atoms with E-state index in [9.17, 15) is 8.42 Å². The molecule has 1 saturated heterocycles. The molecule has 1 aromatic carbocycles. The Hall–Kier alpha value is -0.430. The van der Waals surface area contributed by atoms with E-state index in [1.807, 2.05) is 24.3 Å². The largest absolute Gasteiger partial charge is 0.317 e. The van der Waals surface area contributed by atoms with E-state index in [0.717, 1.165) is 23.1 Å². The molecule has 0 saturated carbocycles. The molecule has 0 spiro atoms. The van der Waals surface area contributed by atoms with Gasteiger partial charge < -0.3 is 5.32 Å². The second-order valence-electron chi connectivity index (χ2n) is 4.45. The maximum absolute atomic E-state index is 12.1. The lowest BCUT2D eigenvalue weighted by molar-refractivity contribution is 0.489. The van der Waals surface area contributed by atoms with Crippen LogP contribution in [-0.2, 0) is 16.6 Å². The van der Waals surface area contributed by atoms with Crippen molar-refractivity contribution in [2.24, 2.45) is 0 Å². The lowest BCUT2D eigenvalue weighted by Gasteiger charge is -2.22. The lowest BCUT2D eigenvalue weighted by Crippen LogP contribution is -2.41. The number of nitrogens with one attached hydrogen (secondary N) is 2. The van der Waals surface area contributed by atoms with Crippen LogP contribution in [-0.4, -0.2) is 26.8 Å². The molecule has 0 unspecified atom stereocenters. The Morgan fingerprint density at radius 2 is 2.06 bits per heavy atom. The van der Waals surface area contributed by atoms with Crippen molar-refractivity contribution in [3.63, 3.8) is 0 Å². The van der Waals surface area contributed by atoms with E-state index in [1.165, 1.54) is 0 Å². The van der Waals surface area contributed by atoms with Gasteiger partial charge in [0.05, 0.1) is 5.25 Å². The Kier molecular flexibility index (Phi) is 4.77. The van der Waals surface area contributed by atoms with E-state index in [4.69, 9.17) is 0 Å². The smallest absolute Gasteiger partial charge is 0.214 e. The molecule has 0 aliphatic carbocycles. The summed E-state index contributed by atoms with van der Waals surface area (Å²) in [5.41, 5.74) is 0.960.